The average molecular weight is 245 g/mol. The van der Waals surface area contributed by atoms with Crippen molar-refractivity contribution in [3.8, 4) is 0 Å². The third kappa shape index (κ3) is 3.06. The second kappa shape index (κ2) is 3.96. The van der Waals surface area contributed by atoms with E-state index in [1.54, 1.807) is 0 Å². The monoisotopic (exact) mass is 244 g/mol. The topological polar surface area (TPSA) is 0 Å². The van der Waals surface area contributed by atoms with E-state index < -0.39 is 18.5 Å². The third-order valence-corrected chi connectivity index (χ3v) is 2.01. The molecule has 0 amide bonds. The van der Waals surface area contributed by atoms with Crippen molar-refractivity contribution >= 4 is 11.6 Å². The first-order chi connectivity index (χ1) is 6.72. The van der Waals surface area contributed by atoms with E-state index >= 15 is 0 Å². The van der Waals surface area contributed by atoms with Crippen molar-refractivity contribution in [2.45, 2.75) is 18.5 Å². The summed E-state index contributed by atoms with van der Waals surface area (Å²) >= 11 is 5.46. The number of halogens is 6. The molecular formula is C9H6ClF5. The molecule has 6 heteroatoms. The highest BCUT2D eigenvalue weighted by Crippen LogP contribution is 2.37. The minimum absolute atomic E-state index is 0.110. The molecule has 0 aliphatic carbocycles. The third-order valence-electron chi connectivity index (χ3n) is 1.75. The fourth-order valence-electron chi connectivity index (χ4n) is 0.959. The fourth-order valence-corrected chi connectivity index (χ4v) is 1.08. The quantitative estimate of drug-likeness (QED) is 0.688. The van der Waals surface area contributed by atoms with Gasteiger partial charge in [-0.25, -0.2) is 0 Å². The number of hydrogen-bond acceptors (Lipinski definition) is 0. The number of benzene rings is 1. The van der Waals surface area contributed by atoms with Gasteiger partial charge in [-0.1, -0.05) is 23.7 Å². The second-order valence-electron chi connectivity index (χ2n) is 3.01. The zero-order valence-corrected chi connectivity index (χ0v) is 8.04. The van der Waals surface area contributed by atoms with Crippen molar-refractivity contribution in [1.29, 1.82) is 0 Å². The van der Waals surface area contributed by atoms with Gasteiger partial charge in [0.15, 0.2) is 0 Å². The lowest BCUT2D eigenvalue weighted by Crippen LogP contribution is -2.38. The smallest absolute Gasteiger partial charge is 0.196 e. The first-order valence-electron chi connectivity index (χ1n) is 3.91. The van der Waals surface area contributed by atoms with Crippen LogP contribution in [0.5, 0.6) is 0 Å². The largest absolute Gasteiger partial charge is 0.453 e. The molecule has 15 heavy (non-hydrogen) atoms. The van der Waals surface area contributed by atoms with Crippen molar-refractivity contribution in [1.82, 2.24) is 0 Å². The highest BCUT2D eigenvalue weighted by Gasteiger charge is 2.56. The van der Waals surface area contributed by atoms with Gasteiger partial charge < -0.3 is 0 Å². The van der Waals surface area contributed by atoms with Crippen LogP contribution in [0.3, 0.4) is 0 Å². The van der Waals surface area contributed by atoms with E-state index in [4.69, 9.17) is 11.6 Å². The normalized spacial score (nSPS) is 12.9. The molecule has 0 aromatic heterocycles. The number of alkyl halides is 5. The molecule has 0 radical (unpaired) electrons. The van der Waals surface area contributed by atoms with Crippen LogP contribution >= 0.6 is 11.6 Å². The minimum atomic E-state index is -5.52. The zero-order valence-electron chi connectivity index (χ0n) is 7.28. The molecule has 0 bridgehead atoms. The summed E-state index contributed by atoms with van der Waals surface area (Å²) in [4.78, 5) is 0. The summed E-state index contributed by atoms with van der Waals surface area (Å²) < 4.78 is 60.6. The Kier molecular flexibility index (Phi) is 3.23. The van der Waals surface area contributed by atoms with Gasteiger partial charge in [0.2, 0.25) is 0 Å². The van der Waals surface area contributed by atoms with Crippen molar-refractivity contribution in [2.24, 2.45) is 0 Å². The zero-order chi connectivity index (χ0) is 11.7. The van der Waals surface area contributed by atoms with Crippen LogP contribution in [0.4, 0.5) is 22.0 Å². The van der Waals surface area contributed by atoms with E-state index in [2.05, 4.69) is 0 Å². The summed E-state index contributed by atoms with van der Waals surface area (Å²) in [5.74, 6) is -4.71. The molecule has 0 saturated heterocycles. The van der Waals surface area contributed by atoms with Gasteiger partial charge in [-0.3, -0.25) is 0 Å². The fraction of sp³-hybridized carbons (Fsp3) is 0.333. The second-order valence-corrected chi connectivity index (χ2v) is 3.44. The van der Waals surface area contributed by atoms with Crippen LogP contribution < -0.4 is 0 Å². The average Bonchev–Trinajstić information content (AvgIpc) is 2.06. The Labute approximate surface area is 87.7 Å². The predicted molar refractivity (Wildman–Crippen MR) is 46.2 cm³/mol. The molecule has 84 valence electrons. The van der Waals surface area contributed by atoms with Gasteiger partial charge in [0, 0.05) is 11.4 Å². The Morgan fingerprint density at radius 3 is 1.80 bits per heavy atom. The Morgan fingerprint density at radius 2 is 1.40 bits per heavy atom. The molecular weight excluding hydrogens is 239 g/mol. The maximum atomic E-state index is 12.6. The minimum Gasteiger partial charge on any atom is -0.196 e. The molecule has 1 rings (SSSR count). The lowest BCUT2D eigenvalue weighted by molar-refractivity contribution is -0.281. The Bertz CT molecular complexity index is 327. The van der Waals surface area contributed by atoms with E-state index in [0.717, 1.165) is 12.1 Å². The number of hydrogen-bond donors (Lipinski definition) is 0. The van der Waals surface area contributed by atoms with Crippen LogP contribution in [-0.4, -0.2) is 12.1 Å². The van der Waals surface area contributed by atoms with Crippen LogP contribution in [0.2, 0.25) is 5.02 Å². The SMILES string of the molecule is FC(F)(F)C(F)(F)Cc1ccc(Cl)cc1. The molecule has 0 unspecified atom stereocenters. The molecule has 0 nitrogen and oxygen atoms in total. The summed E-state index contributed by atoms with van der Waals surface area (Å²) in [6.07, 6.45) is -6.89. The van der Waals surface area contributed by atoms with Crippen molar-refractivity contribution in [2.75, 3.05) is 0 Å². The highest BCUT2D eigenvalue weighted by molar-refractivity contribution is 6.30. The van der Waals surface area contributed by atoms with Crippen LogP contribution in [0.25, 0.3) is 0 Å². The standard InChI is InChI=1S/C9H6ClF5/c10-7-3-1-6(2-4-7)5-8(11,12)9(13,14)15/h1-4H,5H2. The maximum absolute atomic E-state index is 12.6. The summed E-state index contributed by atoms with van der Waals surface area (Å²) in [5.41, 5.74) is -0.110. The van der Waals surface area contributed by atoms with E-state index in [1.165, 1.54) is 12.1 Å². The molecule has 0 heterocycles. The molecule has 1 aromatic rings. The lowest BCUT2D eigenvalue weighted by atomic mass is 10.1. The van der Waals surface area contributed by atoms with Gasteiger partial charge in [0.05, 0.1) is 0 Å². The van der Waals surface area contributed by atoms with Crippen LogP contribution in [0.1, 0.15) is 5.56 Å². The predicted octanol–water partition coefficient (Wildman–Crippen LogP) is 4.08. The van der Waals surface area contributed by atoms with E-state index in [9.17, 15) is 22.0 Å². The van der Waals surface area contributed by atoms with Crippen LogP contribution in [0.15, 0.2) is 24.3 Å². The van der Waals surface area contributed by atoms with E-state index in [0.29, 0.717) is 0 Å². The first-order valence-corrected chi connectivity index (χ1v) is 4.29. The highest BCUT2D eigenvalue weighted by atomic mass is 35.5. The van der Waals surface area contributed by atoms with Gasteiger partial charge in [-0.2, -0.15) is 22.0 Å². The summed E-state index contributed by atoms with van der Waals surface area (Å²) in [7, 11) is 0. The van der Waals surface area contributed by atoms with Crippen LogP contribution in [0, 0.1) is 0 Å². The molecule has 0 aliphatic rings. The molecule has 1 aromatic carbocycles. The summed E-state index contributed by atoms with van der Waals surface area (Å²) in [6, 6.07) is 4.82. The first kappa shape index (κ1) is 12.2. The van der Waals surface area contributed by atoms with Gasteiger partial charge >= 0.3 is 12.1 Å². The van der Waals surface area contributed by atoms with Crippen molar-refractivity contribution in [3.63, 3.8) is 0 Å². The van der Waals surface area contributed by atoms with Crippen LogP contribution in [-0.2, 0) is 6.42 Å². The Balaban J connectivity index is 2.82. The van der Waals surface area contributed by atoms with E-state index in [1.807, 2.05) is 0 Å². The summed E-state index contributed by atoms with van der Waals surface area (Å²) in [5, 5.41) is 0.286. The van der Waals surface area contributed by atoms with Gasteiger partial charge in [-0.05, 0) is 17.7 Å². The van der Waals surface area contributed by atoms with Gasteiger partial charge in [0.25, 0.3) is 0 Å². The molecule has 0 N–H and O–H groups in total. The van der Waals surface area contributed by atoms with Crippen molar-refractivity contribution < 1.29 is 22.0 Å². The molecule has 0 atom stereocenters. The maximum Gasteiger partial charge on any atom is 0.453 e. The molecule has 0 spiro atoms. The van der Waals surface area contributed by atoms with Gasteiger partial charge in [0.1, 0.15) is 0 Å². The molecule has 0 aliphatic heterocycles. The Hall–Kier alpha value is -0.840. The van der Waals surface area contributed by atoms with Crippen molar-refractivity contribution in [3.05, 3.63) is 34.9 Å². The Morgan fingerprint density at radius 1 is 0.933 bits per heavy atom. The van der Waals surface area contributed by atoms with E-state index in [-0.39, 0.29) is 10.6 Å². The lowest BCUT2D eigenvalue weighted by Gasteiger charge is -2.19. The van der Waals surface area contributed by atoms with Gasteiger partial charge in [-0.15, -0.1) is 0 Å². The summed E-state index contributed by atoms with van der Waals surface area (Å²) in [6.45, 7) is 0. The molecule has 0 fully saturated rings. The molecule has 0 saturated carbocycles. The number of rotatable bonds is 2.